The fraction of sp³-hybridized carbons (Fsp3) is 0.529. The normalized spacial score (nSPS) is 16.0. The Balaban J connectivity index is 0.00000264. The number of guanidine groups is 1. The highest BCUT2D eigenvalue weighted by Gasteiger charge is 2.19. The third-order valence-corrected chi connectivity index (χ3v) is 3.51. The zero-order valence-corrected chi connectivity index (χ0v) is 16.5. The van der Waals surface area contributed by atoms with Gasteiger partial charge in [-0.05, 0) is 51.3 Å². The van der Waals surface area contributed by atoms with Crippen molar-refractivity contribution in [1.29, 1.82) is 0 Å². The number of nitrogens with zero attached hydrogens (tertiary/aromatic N) is 2. The van der Waals surface area contributed by atoms with E-state index in [9.17, 15) is 4.79 Å². The van der Waals surface area contributed by atoms with Crippen LogP contribution in [0.1, 0.15) is 45.6 Å². The van der Waals surface area contributed by atoms with E-state index in [1.807, 2.05) is 49.9 Å². The maximum atomic E-state index is 11.9. The molecule has 0 unspecified atom stereocenters. The van der Waals surface area contributed by atoms with Crippen LogP contribution in [0.25, 0.3) is 0 Å². The van der Waals surface area contributed by atoms with Crippen LogP contribution in [0.2, 0.25) is 0 Å². The number of carbonyl (C=O) groups is 1. The van der Waals surface area contributed by atoms with Crippen molar-refractivity contribution in [2.75, 3.05) is 11.4 Å². The molecule has 0 atom stereocenters. The molecule has 0 aromatic heterocycles. The molecule has 6 heteroatoms. The van der Waals surface area contributed by atoms with Crippen molar-refractivity contribution in [2.45, 2.75) is 52.1 Å². The summed E-state index contributed by atoms with van der Waals surface area (Å²) in [5.74, 6) is 0.665. The molecule has 2 rings (SSSR count). The first-order valence-corrected chi connectivity index (χ1v) is 7.82. The van der Waals surface area contributed by atoms with Gasteiger partial charge in [0.1, 0.15) is 0 Å². The number of piperidine rings is 1. The summed E-state index contributed by atoms with van der Waals surface area (Å²) in [5.41, 5.74) is 7.81. The molecule has 1 aromatic rings. The Morgan fingerprint density at radius 2 is 1.91 bits per heavy atom. The first-order chi connectivity index (χ1) is 10.3. The second kappa shape index (κ2) is 8.52. The van der Waals surface area contributed by atoms with Crippen molar-refractivity contribution in [1.82, 2.24) is 5.32 Å². The van der Waals surface area contributed by atoms with Gasteiger partial charge < -0.3 is 16.0 Å². The van der Waals surface area contributed by atoms with Crippen LogP contribution in [0.5, 0.6) is 0 Å². The van der Waals surface area contributed by atoms with E-state index in [1.165, 1.54) is 0 Å². The maximum Gasteiger partial charge on any atom is 0.226 e. The van der Waals surface area contributed by atoms with Gasteiger partial charge in [0.2, 0.25) is 5.91 Å². The van der Waals surface area contributed by atoms with Crippen molar-refractivity contribution in [3.63, 3.8) is 0 Å². The minimum atomic E-state index is -0.0912. The van der Waals surface area contributed by atoms with Gasteiger partial charge in [-0.1, -0.05) is 12.1 Å². The largest absolute Gasteiger partial charge is 0.370 e. The zero-order valence-electron chi connectivity index (χ0n) is 14.1. The topological polar surface area (TPSA) is 70.7 Å². The van der Waals surface area contributed by atoms with Crippen molar-refractivity contribution in [3.8, 4) is 0 Å². The molecular formula is C17H27IN4O. The second-order valence-electron chi connectivity index (χ2n) is 6.75. The molecule has 1 amide bonds. The first-order valence-electron chi connectivity index (χ1n) is 7.82. The molecule has 0 saturated carbocycles. The number of amides is 1. The number of aliphatic imine (C=N–C) groups is 1. The molecule has 5 nitrogen and oxygen atoms in total. The summed E-state index contributed by atoms with van der Waals surface area (Å²) in [6, 6.07) is 7.99. The molecule has 128 valence electrons. The monoisotopic (exact) mass is 430 g/mol. The third kappa shape index (κ3) is 6.37. The lowest BCUT2D eigenvalue weighted by molar-refractivity contribution is -0.119. The summed E-state index contributed by atoms with van der Waals surface area (Å²) in [6.07, 6.45) is 2.73. The smallest absolute Gasteiger partial charge is 0.226 e. The lowest BCUT2D eigenvalue weighted by Crippen LogP contribution is -2.44. The average Bonchev–Trinajstić information content (AvgIpc) is 2.45. The van der Waals surface area contributed by atoms with Crippen molar-refractivity contribution < 1.29 is 4.79 Å². The van der Waals surface area contributed by atoms with E-state index < -0.39 is 0 Å². The van der Waals surface area contributed by atoms with Crippen LogP contribution in [0.15, 0.2) is 29.3 Å². The van der Waals surface area contributed by atoms with Crippen molar-refractivity contribution in [2.24, 2.45) is 10.7 Å². The zero-order chi connectivity index (χ0) is 16.2. The molecule has 1 aliphatic rings. The molecule has 0 aliphatic carbocycles. The van der Waals surface area contributed by atoms with Crippen LogP contribution < -0.4 is 16.0 Å². The molecule has 1 saturated heterocycles. The number of rotatable bonds is 3. The molecule has 0 bridgehead atoms. The number of hydrogen-bond donors (Lipinski definition) is 2. The van der Waals surface area contributed by atoms with E-state index in [2.05, 4.69) is 10.3 Å². The molecule has 0 spiro atoms. The summed E-state index contributed by atoms with van der Waals surface area (Å²) >= 11 is 0. The first kappa shape index (κ1) is 19.7. The summed E-state index contributed by atoms with van der Waals surface area (Å²) in [6.45, 7) is 7.47. The van der Waals surface area contributed by atoms with E-state index in [1.54, 1.807) is 0 Å². The summed E-state index contributed by atoms with van der Waals surface area (Å²) in [7, 11) is 0. The molecule has 1 fully saturated rings. The molecule has 23 heavy (non-hydrogen) atoms. The molecular weight excluding hydrogens is 403 g/mol. The van der Waals surface area contributed by atoms with Crippen LogP contribution in [0, 0.1) is 0 Å². The molecule has 0 radical (unpaired) electrons. The van der Waals surface area contributed by atoms with E-state index in [0.29, 0.717) is 18.9 Å². The lowest BCUT2D eigenvalue weighted by atomic mass is 10.1. The molecule has 3 N–H and O–H groups in total. The Morgan fingerprint density at radius 1 is 1.26 bits per heavy atom. The van der Waals surface area contributed by atoms with Crippen molar-refractivity contribution in [3.05, 3.63) is 29.8 Å². The van der Waals surface area contributed by atoms with E-state index in [0.717, 1.165) is 30.6 Å². The Morgan fingerprint density at radius 3 is 2.48 bits per heavy atom. The second-order valence-corrected chi connectivity index (χ2v) is 6.75. The Bertz CT molecular complexity index is 549. The maximum absolute atomic E-state index is 11.9. The standard InChI is InChI=1S/C17H26N4O.HI/c1-17(2,3)20-16(18)19-12-13-7-9-14(10-8-13)21-11-5-4-6-15(21)22;/h7-10H,4-6,11-12H2,1-3H3,(H3,18,19,20);1H. The predicted molar refractivity (Wildman–Crippen MR) is 106 cm³/mol. The summed E-state index contributed by atoms with van der Waals surface area (Å²) in [4.78, 5) is 18.1. The quantitative estimate of drug-likeness (QED) is 0.440. The number of hydrogen-bond acceptors (Lipinski definition) is 2. The predicted octanol–water partition coefficient (Wildman–Crippen LogP) is 3.02. The highest BCUT2D eigenvalue weighted by Crippen LogP contribution is 2.21. The lowest BCUT2D eigenvalue weighted by Gasteiger charge is -2.26. The van der Waals surface area contributed by atoms with Crippen molar-refractivity contribution >= 4 is 41.5 Å². The molecule has 1 heterocycles. The van der Waals surface area contributed by atoms with Gasteiger partial charge in [0.05, 0.1) is 6.54 Å². The number of benzene rings is 1. The van der Waals surface area contributed by atoms with Gasteiger partial charge in [0, 0.05) is 24.2 Å². The Hall–Kier alpha value is -1.31. The minimum Gasteiger partial charge on any atom is -0.370 e. The van der Waals surface area contributed by atoms with Gasteiger partial charge in [-0.25, -0.2) is 4.99 Å². The van der Waals surface area contributed by atoms with Gasteiger partial charge in [-0.2, -0.15) is 0 Å². The van der Waals surface area contributed by atoms with Gasteiger partial charge in [0.15, 0.2) is 5.96 Å². The van der Waals surface area contributed by atoms with E-state index in [4.69, 9.17) is 5.73 Å². The van der Waals surface area contributed by atoms with E-state index in [-0.39, 0.29) is 35.4 Å². The number of anilines is 1. The Labute approximate surface area is 155 Å². The Kier molecular flexibility index (Phi) is 7.31. The van der Waals surface area contributed by atoms with Gasteiger partial charge in [0.25, 0.3) is 0 Å². The van der Waals surface area contributed by atoms with Crippen LogP contribution in [0.4, 0.5) is 5.69 Å². The van der Waals surface area contributed by atoms with Crippen LogP contribution in [0.3, 0.4) is 0 Å². The summed E-state index contributed by atoms with van der Waals surface area (Å²) in [5, 5.41) is 3.13. The number of nitrogens with two attached hydrogens (primary N) is 1. The van der Waals surface area contributed by atoms with Crippen LogP contribution >= 0.6 is 24.0 Å². The third-order valence-electron chi connectivity index (χ3n) is 3.51. The molecule has 1 aromatic carbocycles. The van der Waals surface area contributed by atoms with Gasteiger partial charge in [-0.3, -0.25) is 4.79 Å². The number of halogens is 1. The van der Waals surface area contributed by atoms with E-state index >= 15 is 0 Å². The fourth-order valence-corrected chi connectivity index (χ4v) is 2.46. The summed E-state index contributed by atoms with van der Waals surface area (Å²) < 4.78 is 0. The number of carbonyl (C=O) groups excluding carboxylic acids is 1. The number of nitrogens with one attached hydrogen (secondary N) is 1. The molecule has 1 aliphatic heterocycles. The average molecular weight is 430 g/mol. The van der Waals surface area contributed by atoms with Gasteiger partial charge >= 0.3 is 0 Å². The fourth-order valence-electron chi connectivity index (χ4n) is 2.46. The van der Waals surface area contributed by atoms with Crippen LogP contribution in [-0.4, -0.2) is 24.0 Å². The highest BCUT2D eigenvalue weighted by molar-refractivity contribution is 14.0. The minimum absolute atomic E-state index is 0. The SMILES string of the molecule is CC(C)(C)NC(N)=NCc1ccc(N2CCCCC2=O)cc1.I. The van der Waals surface area contributed by atoms with Crippen LogP contribution in [-0.2, 0) is 11.3 Å². The highest BCUT2D eigenvalue weighted by atomic mass is 127. The van der Waals surface area contributed by atoms with Gasteiger partial charge in [-0.15, -0.1) is 24.0 Å².